The van der Waals surface area contributed by atoms with Crippen LogP contribution in [0, 0.1) is 10.5 Å². The number of pyridine rings is 1. The van der Waals surface area contributed by atoms with E-state index in [1.54, 1.807) is 0 Å². The summed E-state index contributed by atoms with van der Waals surface area (Å²) in [6, 6.07) is 1.40. The van der Waals surface area contributed by atoms with Gasteiger partial charge in [0.05, 0.1) is 0 Å². The Labute approximate surface area is 77.0 Å². The topological polar surface area (TPSA) is 12.9 Å². The molecule has 1 aromatic rings. The summed E-state index contributed by atoms with van der Waals surface area (Å²) in [5, 5.41) is 0. The molecule has 0 atom stereocenters. The second kappa shape index (κ2) is 3.42. The summed E-state index contributed by atoms with van der Waals surface area (Å²) in [6.45, 7) is 1.84. The van der Waals surface area contributed by atoms with Gasteiger partial charge in [0, 0.05) is 9.77 Å². The van der Waals surface area contributed by atoms with Crippen molar-refractivity contribution in [3.05, 3.63) is 27.1 Å². The fraction of sp³-hybridized carbons (Fsp3) is 0.286. The van der Waals surface area contributed by atoms with Crippen LogP contribution in [-0.2, 0) is 0 Å². The van der Waals surface area contributed by atoms with Crippen LogP contribution in [0.2, 0.25) is 0 Å². The standard InChI is InChI=1S/C7H6F2IN/c1-4-3-11-6(7(8)9)2-5(4)10/h2-3,7H,1H3. The molecule has 0 amide bonds. The number of nitrogens with zero attached hydrogens (tertiary/aromatic N) is 1. The largest absolute Gasteiger partial charge is 0.280 e. The van der Waals surface area contributed by atoms with Crippen molar-refractivity contribution in [2.75, 3.05) is 0 Å². The van der Waals surface area contributed by atoms with Crippen LogP contribution in [0.5, 0.6) is 0 Å². The third-order valence-corrected chi connectivity index (χ3v) is 2.44. The van der Waals surface area contributed by atoms with Crippen molar-refractivity contribution >= 4 is 22.6 Å². The highest BCUT2D eigenvalue weighted by molar-refractivity contribution is 14.1. The Hall–Kier alpha value is -0.260. The maximum Gasteiger partial charge on any atom is 0.280 e. The monoisotopic (exact) mass is 269 g/mol. The van der Waals surface area contributed by atoms with E-state index in [1.807, 2.05) is 29.5 Å². The molecule has 0 aliphatic heterocycles. The van der Waals surface area contributed by atoms with Crippen LogP contribution in [-0.4, -0.2) is 4.98 Å². The molecule has 0 N–H and O–H groups in total. The van der Waals surface area contributed by atoms with Gasteiger partial charge in [0.2, 0.25) is 0 Å². The molecule has 0 bridgehead atoms. The molecule has 1 aromatic heterocycles. The minimum atomic E-state index is -2.47. The van der Waals surface area contributed by atoms with Crippen LogP contribution in [0.15, 0.2) is 12.3 Å². The first-order valence-electron chi connectivity index (χ1n) is 3.01. The van der Waals surface area contributed by atoms with Gasteiger partial charge in [0.25, 0.3) is 6.43 Å². The molecule has 0 unspecified atom stereocenters. The summed E-state index contributed by atoms with van der Waals surface area (Å²) in [4.78, 5) is 3.58. The zero-order chi connectivity index (χ0) is 8.43. The molecule has 1 rings (SSSR count). The molecule has 0 spiro atoms. The predicted octanol–water partition coefficient (Wildman–Crippen LogP) is 2.93. The summed E-state index contributed by atoms with van der Waals surface area (Å²) < 4.78 is 24.9. The van der Waals surface area contributed by atoms with Crippen molar-refractivity contribution in [2.45, 2.75) is 13.3 Å². The lowest BCUT2D eigenvalue weighted by atomic mass is 10.3. The van der Waals surface area contributed by atoms with Crippen LogP contribution < -0.4 is 0 Å². The summed E-state index contributed by atoms with van der Waals surface area (Å²) in [6.07, 6.45) is -1.01. The van der Waals surface area contributed by atoms with Gasteiger partial charge < -0.3 is 0 Å². The van der Waals surface area contributed by atoms with Crippen LogP contribution in [0.3, 0.4) is 0 Å². The molecule has 1 nitrogen and oxygen atoms in total. The molecule has 0 saturated heterocycles. The number of aromatic nitrogens is 1. The first kappa shape index (κ1) is 8.83. The second-order valence-corrected chi connectivity index (χ2v) is 3.32. The molecule has 11 heavy (non-hydrogen) atoms. The van der Waals surface area contributed by atoms with Gasteiger partial charge in [-0.05, 0) is 41.1 Å². The third kappa shape index (κ3) is 2.08. The second-order valence-electron chi connectivity index (χ2n) is 2.16. The summed E-state index contributed by atoms with van der Waals surface area (Å²) in [5.74, 6) is 0. The van der Waals surface area contributed by atoms with E-state index in [0.717, 1.165) is 9.13 Å². The lowest BCUT2D eigenvalue weighted by Gasteiger charge is -2.00. The molecular formula is C7H6F2IN. The van der Waals surface area contributed by atoms with Crippen molar-refractivity contribution < 1.29 is 8.78 Å². The van der Waals surface area contributed by atoms with Crippen molar-refractivity contribution in [3.8, 4) is 0 Å². The molecule has 0 saturated carbocycles. The Balaban J connectivity index is 3.05. The van der Waals surface area contributed by atoms with Gasteiger partial charge >= 0.3 is 0 Å². The first-order chi connectivity index (χ1) is 5.11. The smallest absolute Gasteiger partial charge is 0.255 e. The number of aryl methyl sites for hydroxylation is 1. The predicted molar refractivity (Wildman–Crippen MR) is 46.6 cm³/mol. The highest BCUT2D eigenvalue weighted by Gasteiger charge is 2.08. The molecule has 0 aliphatic rings. The van der Waals surface area contributed by atoms with Crippen molar-refractivity contribution in [3.63, 3.8) is 0 Å². The van der Waals surface area contributed by atoms with E-state index in [9.17, 15) is 8.78 Å². The van der Waals surface area contributed by atoms with Gasteiger partial charge in [-0.2, -0.15) is 0 Å². The van der Waals surface area contributed by atoms with E-state index in [1.165, 1.54) is 12.3 Å². The maximum atomic E-state index is 12.0. The normalized spacial score (nSPS) is 10.6. The molecule has 4 heteroatoms. The summed E-state index contributed by atoms with van der Waals surface area (Å²) >= 11 is 2.01. The van der Waals surface area contributed by atoms with Crippen LogP contribution in [0.1, 0.15) is 17.7 Å². The van der Waals surface area contributed by atoms with E-state index in [-0.39, 0.29) is 5.69 Å². The molecule has 0 radical (unpaired) electrons. The zero-order valence-electron chi connectivity index (χ0n) is 5.81. The molecule has 1 heterocycles. The third-order valence-electron chi connectivity index (χ3n) is 1.28. The average Bonchev–Trinajstić information content (AvgIpc) is 1.94. The lowest BCUT2D eigenvalue weighted by Crippen LogP contribution is -1.92. The highest BCUT2D eigenvalue weighted by Crippen LogP contribution is 2.19. The van der Waals surface area contributed by atoms with E-state index < -0.39 is 6.43 Å². The van der Waals surface area contributed by atoms with Crippen LogP contribution >= 0.6 is 22.6 Å². The quantitative estimate of drug-likeness (QED) is 0.714. The number of rotatable bonds is 1. The Kier molecular flexibility index (Phi) is 2.75. The Morgan fingerprint density at radius 3 is 2.64 bits per heavy atom. The fourth-order valence-corrected chi connectivity index (χ4v) is 1.09. The molecule has 0 fully saturated rings. The Morgan fingerprint density at radius 2 is 2.18 bits per heavy atom. The summed E-state index contributed by atoms with van der Waals surface area (Å²) in [7, 11) is 0. The van der Waals surface area contributed by atoms with E-state index in [2.05, 4.69) is 4.98 Å². The molecule has 0 aliphatic carbocycles. The lowest BCUT2D eigenvalue weighted by molar-refractivity contribution is 0.146. The Bertz CT molecular complexity index is 263. The zero-order valence-corrected chi connectivity index (χ0v) is 7.97. The maximum absolute atomic E-state index is 12.0. The van der Waals surface area contributed by atoms with Gasteiger partial charge in [0.1, 0.15) is 5.69 Å². The minimum Gasteiger partial charge on any atom is -0.255 e. The van der Waals surface area contributed by atoms with E-state index >= 15 is 0 Å². The van der Waals surface area contributed by atoms with E-state index in [0.29, 0.717) is 0 Å². The SMILES string of the molecule is Cc1cnc(C(F)F)cc1I. The fourth-order valence-electron chi connectivity index (χ4n) is 0.633. The Morgan fingerprint density at radius 1 is 1.55 bits per heavy atom. The van der Waals surface area contributed by atoms with Gasteiger partial charge in [-0.15, -0.1) is 0 Å². The number of hydrogen-bond donors (Lipinski definition) is 0. The van der Waals surface area contributed by atoms with Gasteiger partial charge in [-0.3, -0.25) is 4.98 Å². The van der Waals surface area contributed by atoms with Gasteiger partial charge in [0.15, 0.2) is 0 Å². The van der Waals surface area contributed by atoms with Crippen LogP contribution in [0.25, 0.3) is 0 Å². The molecule has 60 valence electrons. The number of alkyl halides is 2. The number of hydrogen-bond acceptors (Lipinski definition) is 1. The molecular weight excluding hydrogens is 263 g/mol. The van der Waals surface area contributed by atoms with Crippen molar-refractivity contribution in [1.82, 2.24) is 4.98 Å². The highest BCUT2D eigenvalue weighted by atomic mass is 127. The molecule has 0 aromatic carbocycles. The van der Waals surface area contributed by atoms with Crippen molar-refractivity contribution in [1.29, 1.82) is 0 Å². The van der Waals surface area contributed by atoms with Crippen molar-refractivity contribution in [2.24, 2.45) is 0 Å². The van der Waals surface area contributed by atoms with Gasteiger partial charge in [-0.25, -0.2) is 8.78 Å². The van der Waals surface area contributed by atoms with Gasteiger partial charge in [-0.1, -0.05) is 0 Å². The average molecular weight is 269 g/mol. The minimum absolute atomic E-state index is 0.153. The first-order valence-corrected chi connectivity index (χ1v) is 4.09. The number of halogens is 3. The van der Waals surface area contributed by atoms with E-state index in [4.69, 9.17) is 0 Å². The van der Waals surface area contributed by atoms with Crippen LogP contribution in [0.4, 0.5) is 8.78 Å². The summed E-state index contributed by atoms with van der Waals surface area (Å²) in [5.41, 5.74) is 0.773.